The van der Waals surface area contributed by atoms with Gasteiger partial charge in [0.05, 0.1) is 0 Å². The predicted molar refractivity (Wildman–Crippen MR) is 49.1 cm³/mol. The molecular formula is C8H15ClN2O. The lowest BCUT2D eigenvalue weighted by atomic mass is 10.1. The average Bonchev–Trinajstić information content (AvgIpc) is 2.05. The maximum absolute atomic E-state index is 11.3. The van der Waals surface area contributed by atoms with E-state index in [-0.39, 0.29) is 11.9 Å². The lowest BCUT2D eigenvalue weighted by Crippen LogP contribution is -2.45. The number of piperidine rings is 1. The molecule has 0 aromatic heterocycles. The van der Waals surface area contributed by atoms with Crippen molar-refractivity contribution in [2.45, 2.75) is 25.3 Å². The van der Waals surface area contributed by atoms with Gasteiger partial charge in [-0.15, -0.1) is 11.6 Å². The molecule has 1 saturated heterocycles. The maximum atomic E-state index is 11.3. The van der Waals surface area contributed by atoms with E-state index in [0.29, 0.717) is 18.8 Å². The van der Waals surface area contributed by atoms with Crippen molar-refractivity contribution >= 4 is 17.5 Å². The molecule has 1 aliphatic rings. The van der Waals surface area contributed by atoms with Gasteiger partial charge in [0.2, 0.25) is 5.91 Å². The third-order valence-electron chi connectivity index (χ3n) is 2.12. The van der Waals surface area contributed by atoms with Gasteiger partial charge >= 0.3 is 0 Å². The van der Waals surface area contributed by atoms with Gasteiger partial charge in [-0.05, 0) is 12.8 Å². The van der Waals surface area contributed by atoms with Gasteiger partial charge in [-0.25, -0.2) is 0 Å². The van der Waals surface area contributed by atoms with Crippen LogP contribution in [-0.4, -0.2) is 35.8 Å². The molecule has 4 heteroatoms. The number of carbonyl (C=O) groups excluding carboxylic acids is 1. The van der Waals surface area contributed by atoms with Gasteiger partial charge in [0.25, 0.3) is 0 Å². The summed E-state index contributed by atoms with van der Waals surface area (Å²) in [6.07, 6.45) is 2.49. The van der Waals surface area contributed by atoms with Crippen molar-refractivity contribution in [1.82, 2.24) is 4.90 Å². The van der Waals surface area contributed by atoms with Crippen molar-refractivity contribution < 1.29 is 4.79 Å². The second-order valence-corrected chi connectivity index (χ2v) is 3.56. The van der Waals surface area contributed by atoms with Gasteiger partial charge < -0.3 is 10.6 Å². The number of carbonyl (C=O) groups is 1. The number of halogens is 1. The molecule has 12 heavy (non-hydrogen) atoms. The molecule has 0 aliphatic carbocycles. The zero-order chi connectivity index (χ0) is 8.97. The van der Waals surface area contributed by atoms with E-state index in [0.717, 1.165) is 19.4 Å². The van der Waals surface area contributed by atoms with Gasteiger partial charge in [0.1, 0.15) is 0 Å². The second kappa shape index (κ2) is 4.67. The normalized spacial score (nSPS) is 24.2. The van der Waals surface area contributed by atoms with Crippen molar-refractivity contribution in [2.24, 2.45) is 5.73 Å². The van der Waals surface area contributed by atoms with Crippen LogP contribution in [0.4, 0.5) is 0 Å². The molecule has 0 aromatic carbocycles. The first-order valence-corrected chi connectivity index (χ1v) is 4.87. The van der Waals surface area contributed by atoms with E-state index in [9.17, 15) is 4.79 Å². The predicted octanol–water partition coefficient (Wildman–Crippen LogP) is 0.565. The lowest BCUT2D eigenvalue weighted by Gasteiger charge is -2.30. The Labute approximate surface area is 77.9 Å². The first kappa shape index (κ1) is 9.81. The summed E-state index contributed by atoms with van der Waals surface area (Å²) >= 11 is 5.47. The largest absolute Gasteiger partial charge is 0.341 e. The maximum Gasteiger partial charge on any atom is 0.223 e. The summed E-state index contributed by atoms with van der Waals surface area (Å²) in [4.78, 5) is 13.1. The summed E-state index contributed by atoms with van der Waals surface area (Å²) in [6.45, 7) is 1.55. The average molecular weight is 191 g/mol. The Morgan fingerprint density at radius 2 is 2.42 bits per heavy atom. The topological polar surface area (TPSA) is 46.3 Å². The minimum absolute atomic E-state index is 0.139. The molecule has 70 valence electrons. The van der Waals surface area contributed by atoms with Gasteiger partial charge in [0, 0.05) is 31.4 Å². The lowest BCUT2D eigenvalue weighted by molar-refractivity contribution is -0.131. The van der Waals surface area contributed by atoms with Gasteiger partial charge in [-0.3, -0.25) is 4.79 Å². The van der Waals surface area contributed by atoms with Crippen LogP contribution in [0, 0.1) is 0 Å². The minimum atomic E-state index is 0.139. The van der Waals surface area contributed by atoms with Gasteiger partial charge in [-0.2, -0.15) is 0 Å². The van der Waals surface area contributed by atoms with E-state index in [1.165, 1.54) is 0 Å². The van der Waals surface area contributed by atoms with E-state index in [4.69, 9.17) is 17.3 Å². The number of amides is 1. The second-order valence-electron chi connectivity index (χ2n) is 3.18. The van der Waals surface area contributed by atoms with Crippen LogP contribution >= 0.6 is 11.6 Å². The molecule has 1 rings (SSSR count). The SMILES string of the molecule is NC1CCCN(C(=O)CCCl)C1. The molecule has 1 amide bonds. The summed E-state index contributed by atoms with van der Waals surface area (Å²) in [5, 5.41) is 0. The Hall–Kier alpha value is -0.280. The van der Waals surface area contributed by atoms with Crippen LogP contribution in [0.15, 0.2) is 0 Å². The van der Waals surface area contributed by atoms with Gasteiger partial charge in [-0.1, -0.05) is 0 Å². The Balaban J connectivity index is 2.35. The molecule has 3 nitrogen and oxygen atoms in total. The Kier molecular flexibility index (Phi) is 3.82. The highest BCUT2D eigenvalue weighted by Gasteiger charge is 2.20. The van der Waals surface area contributed by atoms with E-state index < -0.39 is 0 Å². The summed E-state index contributed by atoms with van der Waals surface area (Å²) in [5.41, 5.74) is 5.73. The highest BCUT2D eigenvalue weighted by molar-refractivity contribution is 6.18. The molecule has 0 spiro atoms. The molecule has 0 saturated carbocycles. The van der Waals surface area contributed by atoms with E-state index >= 15 is 0 Å². The fourth-order valence-electron chi connectivity index (χ4n) is 1.48. The molecule has 1 aliphatic heterocycles. The summed E-state index contributed by atoms with van der Waals surface area (Å²) in [6, 6.07) is 0.165. The Morgan fingerprint density at radius 1 is 1.67 bits per heavy atom. The molecule has 2 N–H and O–H groups in total. The number of hydrogen-bond acceptors (Lipinski definition) is 2. The van der Waals surface area contributed by atoms with Crippen molar-refractivity contribution in [1.29, 1.82) is 0 Å². The number of nitrogens with zero attached hydrogens (tertiary/aromatic N) is 1. The Bertz CT molecular complexity index is 163. The summed E-state index contributed by atoms with van der Waals surface area (Å²) < 4.78 is 0. The van der Waals surface area contributed by atoms with Crippen molar-refractivity contribution in [3.8, 4) is 0 Å². The quantitative estimate of drug-likeness (QED) is 0.647. The van der Waals surface area contributed by atoms with E-state index in [2.05, 4.69) is 0 Å². The molecule has 0 aromatic rings. The van der Waals surface area contributed by atoms with Crippen LogP contribution < -0.4 is 5.73 Å². The van der Waals surface area contributed by atoms with Crippen molar-refractivity contribution in [2.75, 3.05) is 19.0 Å². The molecule has 1 fully saturated rings. The molecule has 1 unspecified atom stereocenters. The molecular weight excluding hydrogens is 176 g/mol. The monoisotopic (exact) mass is 190 g/mol. The highest BCUT2D eigenvalue weighted by atomic mass is 35.5. The number of alkyl halides is 1. The van der Waals surface area contributed by atoms with Gasteiger partial charge in [0.15, 0.2) is 0 Å². The van der Waals surface area contributed by atoms with E-state index in [1.54, 1.807) is 0 Å². The van der Waals surface area contributed by atoms with Crippen LogP contribution in [0.2, 0.25) is 0 Å². The van der Waals surface area contributed by atoms with E-state index in [1.807, 2.05) is 4.90 Å². The first-order valence-electron chi connectivity index (χ1n) is 4.33. The summed E-state index contributed by atoms with van der Waals surface area (Å²) in [7, 11) is 0. The molecule has 0 radical (unpaired) electrons. The van der Waals surface area contributed by atoms with Crippen LogP contribution in [0.25, 0.3) is 0 Å². The van der Waals surface area contributed by atoms with Crippen LogP contribution in [0.5, 0.6) is 0 Å². The number of likely N-dealkylation sites (tertiary alicyclic amines) is 1. The van der Waals surface area contributed by atoms with Crippen molar-refractivity contribution in [3.63, 3.8) is 0 Å². The van der Waals surface area contributed by atoms with Crippen LogP contribution in [0.3, 0.4) is 0 Å². The van der Waals surface area contributed by atoms with Crippen molar-refractivity contribution in [3.05, 3.63) is 0 Å². The summed E-state index contributed by atoms with van der Waals surface area (Å²) in [5.74, 6) is 0.546. The standard InChI is InChI=1S/C8H15ClN2O/c9-4-3-8(12)11-5-1-2-7(10)6-11/h7H,1-6,10H2. The smallest absolute Gasteiger partial charge is 0.223 e. The molecule has 0 bridgehead atoms. The molecule has 1 atom stereocenters. The number of rotatable bonds is 2. The fourth-order valence-corrected chi connectivity index (χ4v) is 1.64. The molecule has 1 heterocycles. The zero-order valence-electron chi connectivity index (χ0n) is 7.13. The van der Waals surface area contributed by atoms with Crippen LogP contribution in [0.1, 0.15) is 19.3 Å². The third kappa shape index (κ3) is 2.64. The first-order chi connectivity index (χ1) is 5.74. The minimum Gasteiger partial charge on any atom is -0.341 e. The zero-order valence-corrected chi connectivity index (χ0v) is 7.89. The van der Waals surface area contributed by atoms with Crippen LogP contribution in [-0.2, 0) is 4.79 Å². The highest BCUT2D eigenvalue weighted by Crippen LogP contribution is 2.09. The number of nitrogens with two attached hydrogens (primary N) is 1. The third-order valence-corrected chi connectivity index (χ3v) is 2.31. The Morgan fingerprint density at radius 3 is 3.00 bits per heavy atom. The fraction of sp³-hybridized carbons (Fsp3) is 0.875. The number of hydrogen-bond donors (Lipinski definition) is 1.